The molecule has 164 valence electrons. The van der Waals surface area contributed by atoms with Crippen LogP contribution in [0.25, 0.3) is 28.0 Å². The van der Waals surface area contributed by atoms with Gasteiger partial charge in [-0.1, -0.05) is 6.07 Å². The van der Waals surface area contributed by atoms with Crippen LogP contribution < -0.4 is 14.8 Å². The highest BCUT2D eigenvalue weighted by atomic mass is 16.5. The molecule has 1 N–H and O–H groups in total. The van der Waals surface area contributed by atoms with Crippen molar-refractivity contribution in [2.75, 3.05) is 19.5 Å². The van der Waals surface area contributed by atoms with Gasteiger partial charge in [0.15, 0.2) is 11.6 Å². The van der Waals surface area contributed by atoms with Crippen LogP contribution in [0.5, 0.6) is 11.8 Å². The van der Waals surface area contributed by atoms with Gasteiger partial charge in [-0.05, 0) is 30.3 Å². The van der Waals surface area contributed by atoms with Crippen LogP contribution in [-0.2, 0) is 6.54 Å². The molecule has 0 fully saturated rings. The third-order valence-electron chi connectivity index (χ3n) is 5.13. The van der Waals surface area contributed by atoms with Gasteiger partial charge >= 0.3 is 0 Å². The minimum absolute atomic E-state index is 0.513. The first kappa shape index (κ1) is 20.4. The number of methoxy groups -OCH3 is 2. The zero-order valence-electron chi connectivity index (χ0n) is 18.1. The van der Waals surface area contributed by atoms with Gasteiger partial charge in [-0.25, -0.2) is 19.5 Å². The Balaban J connectivity index is 1.60. The van der Waals surface area contributed by atoms with E-state index in [-0.39, 0.29) is 0 Å². The van der Waals surface area contributed by atoms with Crippen molar-refractivity contribution < 1.29 is 9.47 Å². The van der Waals surface area contributed by atoms with Gasteiger partial charge in [0, 0.05) is 53.6 Å². The van der Waals surface area contributed by atoms with E-state index >= 15 is 0 Å². The lowest BCUT2D eigenvalue weighted by Gasteiger charge is -2.12. The fourth-order valence-corrected chi connectivity index (χ4v) is 3.47. The first-order chi connectivity index (χ1) is 16.2. The maximum absolute atomic E-state index is 5.19. The SMILES string of the molecule is COc1ccc(-c2nc(NCc3ccccn3)c3c(-c4ccc(OC)nc4)ccn3n2)cn1. The molecule has 0 aromatic carbocycles. The van der Waals surface area contributed by atoms with Crippen LogP contribution in [0.4, 0.5) is 5.82 Å². The van der Waals surface area contributed by atoms with Gasteiger partial charge in [-0.15, -0.1) is 5.10 Å². The summed E-state index contributed by atoms with van der Waals surface area (Å²) >= 11 is 0. The minimum atomic E-state index is 0.513. The van der Waals surface area contributed by atoms with E-state index in [1.54, 1.807) is 38.9 Å². The Hall–Kier alpha value is -4.53. The van der Waals surface area contributed by atoms with Gasteiger partial charge in [-0.2, -0.15) is 0 Å². The lowest BCUT2D eigenvalue weighted by Crippen LogP contribution is -2.08. The number of hydrogen-bond donors (Lipinski definition) is 1. The molecule has 5 heterocycles. The second-order valence-corrected chi connectivity index (χ2v) is 7.16. The third kappa shape index (κ3) is 4.16. The summed E-state index contributed by atoms with van der Waals surface area (Å²) in [7, 11) is 3.18. The largest absolute Gasteiger partial charge is 0.481 e. The Kier molecular flexibility index (Phi) is 5.50. The van der Waals surface area contributed by atoms with Crippen molar-refractivity contribution in [3.63, 3.8) is 0 Å². The molecular formula is C24H21N7O2. The van der Waals surface area contributed by atoms with E-state index in [9.17, 15) is 0 Å². The highest BCUT2D eigenvalue weighted by Gasteiger charge is 2.16. The Labute approximate surface area is 190 Å². The highest BCUT2D eigenvalue weighted by molar-refractivity contribution is 5.88. The van der Waals surface area contributed by atoms with E-state index in [4.69, 9.17) is 19.6 Å². The molecule has 0 atom stereocenters. The van der Waals surface area contributed by atoms with Crippen molar-refractivity contribution in [2.45, 2.75) is 6.54 Å². The number of aromatic nitrogens is 6. The number of nitrogens with zero attached hydrogens (tertiary/aromatic N) is 6. The molecule has 0 bridgehead atoms. The van der Waals surface area contributed by atoms with Crippen LogP contribution >= 0.6 is 0 Å². The summed E-state index contributed by atoms with van der Waals surface area (Å²) in [5.74, 6) is 2.30. The summed E-state index contributed by atoms with van der Waals surface area (Å²) in [6, 6.07) is 15.3. The minimum Gasteiger partial charge on any atom is -0.481 e. The third-order valence-corrected chi connectivity index (χ3v) is 5.13. The van der Waals surface area contributed by atoms with Crippen molar-refractivity contribution >= 4 is 11.3 Å². The Morgan fingerprint density at radius 1 is 0.848 bits per heavy atom. The number of anilines is 1. The standard InChI is InChI=1S/C24H21N7O2/c1-32-20-8-6-16(13-26-20)19-10-12-31-22(19)24(28-15-18-5-3-4-11-25-18)29-23(30-31)17-7-9-21(33-2)27-14-17/h3-14H,15H2,1-2H3,(H,28,29,30). The van der Waals surface area contributed by atoms with E-state index < -0.39 is 0 Å². The summed E-state index contributed by atoms with van der Waals surface area (Å²) in [5, 5.41) is 8.15. The highest BCUT2D eigenvalue weighted by Crippen LogP contribution is 2.31. The van der Waals surface area contributed by atoms with Gasteiger partial charge in [0.1, 0.15) is 5.52 Å². The molecule has 5 rings (SSSR count). The molecule has 0 saturated heterocycles. The number of fused-ring (bicyclic) bond motifs is 1. The summed E-state index contributed by atoms with van der Waals surface area (Å²) in [5.41, 5.74) is 4.40. The molecule has 5 aromatic rings. The monoisotopic (exact) mass is 439 g/mol. The maximum Gasteiger partial charge on any atom is 0.212 e. The summed E-state index contributed by atoms with van der Waals surface area (Å²) in [4.78, 5) is 17.9. The fraction of sp³-hybridized carbons (Fsp3) is 0.125. The molecule has 9 heteroatoms. The predicted molar refractivity (Wildman–Crippen MR) is 124 cm³/mol. The topological polar surface area (TPSA) is 99.3 Å². The number of ether oxygens (including phenoxy) is 2. The van der Waals surface area contributed by atoms with Gasteiger partial charge in [0.2, 0.25) is 11.8 Å². The predicted octanol–water partition coefficient (Wildman–Crippen LogP) is 3.88. The molecule has 0 radical (unpaired) electrons. The Morgan fingerprint density at radius 3 is 2.24 bits per heavy atom. The van der Waals surface area contributed by atoms with Crippen LogP contribution in [-0.4, -0.2) is 43.8 Å². The van der Waals surface area contributed by atoms with Crippen LogP contribution in [0, 0.1) is 0 Å². The first-order valence-corrected chi connectivity index (χ1v) is 10.3. The van der Waals surface area contributed by atoms with Crippen LogP contribution in [0.15, 0.2) is 73.3 Å². The molecular weight excluding hydrogens is 418 g/mol. The molecule has 0 aliphatic rings. The Morgan fingerprint density at radius 2 is 1.61 bits per heavy atom. The molecule has 0 aliphatic carbocycles. The van der Waals surface area contributed by atoms with E-state index in [0.29, 0.717) is 29.9 Å². The van der Waals surface area contributed by atoms with Gasteiger partial charge < -0.3 is 14.8 Å². The van der Waals surface area contributed by atoms with Crippen LogP contribution in [0.2, 0.25) is 0 Å². The molecule has 0 unspecified atom stereocenters. The van der Waals surface area contributed by atoms with Crippen LogP contribution in [0.1, 0.15) is 5.69 Å². The van der Waals surface area contributed by atoms with Gasteiger partial charge in [-0.3, -0.25) is 4.98 Å². The molecule has 9 nitrogen and oxygen atoms in total. The second-order valence-electron chi connectivity index (χ2n) is 7.16. The van der Waals surface area contributed by atoms with Crippen molar-refractivity contribution in [1.29, 1.82) is 0 Å². The average Bonchev–Trinajstić information content (AvgIpc) is 3.32. The summed E-state index contributed by atoms with van der Waals surface area (Å²) < 4.78 is 12.2. The summed E-state index contributed by atoms with van der Waals surface area (Å²) in [6.07, 6.45) is 7.15. The van der Waals surface area contributed by atoms with Gasteiger partial charge in [0.25, 0.3) is 0 Å². The zero-order valence-corrected chi connectivity index (χ0v) is 18.1. The molecule has 33 heavy (non-hydrogen) atoms. The quantitative estimate of drug-likeness (QED) is 0.408. The second kappa shape index (κ2) is 8.91. The molecule has 0 saturated carbocycles. The number of pyridine rings is 3. The fourth-order valence-electron chi connectivity index (χ4n) is 3.47. The smallest absolute Gasteiger partial charge is 0.212 e. The summed E-state index contributed by atoms with van der Waals surface area (Å²) in [6.45, 7) is 0.513. The normalized spacial score (nSPS) is 10.8. The molecule has 5 aromatic heterocycles. The molecule has 0 amide bonds. The van der Waals surface area contributed by atoms with E-state index in [2.05, 4.69) is 20.3 Å². The Bertz CT molecular complexity index is 1370. The van der Waals surface area contributed by atoms with E-state index in [1.165, 1.54) is 0 Å². The lowest BCUT2D eigenvalue weighted by atomic mass is 10.1. The first-order valence-electron chi connectivity index (χ1n) is 10.3. The molecule has 0 aliphatic heterocycles. The zero-order chi connectivity index (χ0) is 22.6. The van der Waals surface area contributed by atoms with E-state index in [1.807, 2.05) is 53.2 Å². The van der Waals surface area contributed by atoms with Crippen molar-refractivity contribution in [2.24, 2.45) is 0 Å². The number of rotatable bonds is 7. The van der Waals surface area contributed by atoms with Crippen LogP contribution in [0.3, 0.4) is 0 Å². The lowest BCUT2D eigenvalue weighted by molar-refractivity contribution is 0.398. The van der Waals surface area contributed by atoms with Crippen molar-refractivity contribution in [1.82, 2.24) is 29.5 Å². The molecule has 0 spiro atoms. The van der Waals surface area contributed by atoms with Gasteiger partial charge in [0.05, 0.1) is 26.5 Å². The van der Waals surface area contributed by atoms with Crippen molar-refractivity contribution in [3.05, 3.63) is 79.0 Å². The maximum atomic E-state index is 5.19. The van der Waals surface area contributed by atoms with E-state index in [0.717, 1.165) is 27.9 Å². The number of hydrogen-bond acceptors (Lipinski definition) is 8. The van der Waals surface area contributed by atoms with Crippen molar-refractivity contribution in [3.8, 4) is 34.3 Å². The number of nitrogens with one attached hydrogen (secondary N) is 1. The average molecular weight is 439 g/mol.